The maximum atomic E-state index is 14.8. The number of carbonyl (C=O) groups is 1. The molecule has 0 saturated carbocycles. The van der Waals surface area contributed by atoms with E-state index in [4.69, 9.17) is 5.73 Å². The van der Waals surface area contributed by atoms with E-state index < -0.39 is 39.0 Å². The molecule has 2 aromatic heterocycles. The third-order valence-corrected chi connectivity index (χ3v) is 7.78. The van der Waals surface area contributed by atoms with Crippen LogP contribution in [0.3, 0.4) is 0 Å². The second-order valence-corrected chi connectivity index (χ2v) is 12.2. The largest absolute Gasteiger partial charge is 0.393 e. The number of carbonyl (C=O) groups excluding carboxylic acids is 1. The number of aliphatic hydroxyl groups excluding tert-OH is 1. The Labute approximate surface area is 207 Å². The van der Waals surface area contributed by atoms with Crippen molar-refractivity contribution in [3.63, 3.8) is 0 Å². The van der Waals surface area contributed by atoms with Crippen LogP contribution in [0.15, 0.2) is 42.5 Å². The van der Waals surface area contributed by atoms with Crippen LogP contribution < -0.4 is 11.1 Å². The van der Waals surface area contributed by atoms with E-state index in [-0.39, 0.29) is 28.4 Å². The molecular weight excluding hydrogens is 493 g/mol. The Morgan fingerprint density at radius 3 is 2.57 bits per heavy atom. The van der Waals surface area contributed by atoms with Gasteiger partial charge in [-0.25, -0.2) is 17.8 Å². The zero-order chi connectivity index (χ0) is 26.0. The number of hydrogen-bond donors (Lipinski definition) is 4. The Morgan fingerprint density at radius 1 is 1.26 bits per heavy atom. The van der Waals surface area contributed by atoms with Crippen molar-refractivity contribution in [1.29, 1.82) is 0 Å². The molecule has 11 heteroatoms. The molecular formula is C24H28FN3O5S2. The molecule has 1 atom stereocenters. The fourth-order valence-corrected chi connectivity index (χ4v) is 6.47. The zero-order valence-electron chi connectivity index (χ0n) is 19.6. The number of amides is 1. The van der Waals surface area contributed by atoms with Gasteiger partial charge in [-0.1, -0.05) is 18.2 Å². The molecule has 8 nitrogen and oxygen atoms in total. The number of benzene rings is 1. The number of thiophene rings is 1. The normalized spacial score (nSPS) is 13.0. The zero-order valence-corrected chi connectivity index (χ0v) is 21.2. The first-order valence-corrected chi connectivity index (χ1v) is 13.4. The second-order valence-electron chi connectivity index (χ2n) is 9.07. The van der Waals surface area contributed by atoms with E-state index >= 15 is 0 Å². The van der Waals surface area contributed by atoms with Crippen LogP contribution in [0.4, 0.5) is 15.2 Å². The van der Waals surface area contributed by atoms with E-state index in [9.17, 15) is 27.8 Å². The van der Waals surface area contributed by atoms with E-state index in [1.165, 1.54) is 26.0 Å². The first-order valence-electron chi connectivity index (χ1n) is 10.8. The molecule has 5 N–H and O–H groups in total. The molecule has 2 heterocycles. The van der Waals surface area contributed by atoms with Gasteiger partial charge in [0.1, 0.15) is 16.6 Å². The second kappa shape index (κ2) is 10.4. The minimum absolute atomic E-state index is 0.138. The average Bonchev–Trinajstić information content (AvgIpc) is 3.09. The van der Waals surface area contributed by atoms with Gasteiger partial charge in [0.05, 0.1) is 34.5 Å². The van der Waals surface area contributed by atoms with Crippen LogP contribution >= 0.6 is 11.3 Å². The number of sulfone groups is 1. The number of nitrogens with zero attached hydrogens (tertiary/aromatic N) is 1. The molecule has 0 radical (unpaired) electrons. The molecule has 35 heavy (non-hydrogen) atoms. The minimum atomic E-state index is -3.62. The molecule has 0 fully saturated rings. The number of rotatable bonds is 10. The van der Waals surface area contributed by atoms with Crippen molar-refractivity contribution in [2.75, 3.05) is 11.1 Å². The number of nitrogens with one attached hydrogen (secondary N) is 1. The van der Waals surface area contributed by atoms with Crippen molar-refractivity contribution in [1.82, 2.24) is 4.98 Å². The van der Waals surface area contributed by atoms with E-state index in [2.05, 4.69) is 10.3 Å². The van der Waals surface area contributed by atoms with Crippen molar-refractivity contribution in [2.45, 2.75) is 44.6 Å². The lowest BCUT2D eigenvalue weighted by molar-refractivity contribution is 0.1000. The monoisotopic (exact) mass is 521 g/mol. The van der Waals surface area contributed by atoms with Crippen LogP contribution in [0.2, 0.25) is 0 Å². The smallest absolute Gasteiger partial charge is 0.251 e. The number of hydrogen-bond acceptors (Lipinski definition) is 8. The molecule has 3 rings (SSSR count). The van der Waals surface area contributed by atoms with Crippen LogP contribution in [0.1, 0.15) is 42.4 Å². The Hall–Kier alpha value is -2.86. The van der Waals surface area contributed by atoms with Crippen LogP contribution in [0.5, 0.6) is 0 Å². The predicted octanol–water partition coefficient (Wildman–Crippen LogP) is 3.40. The van der Waals surface area contributed by atoms with Crippen LogP contribution in [0.25, 0.3) is 10.4 Å². The standard InChI is InChI=1S/C24H28FN3O5S2/c1-14(29)9-15-7-8-17(19(25)10-15)20-11-18(22(26)30)23(34-20)28-21-6-4-5-16(27-21)12-35(32,33)13-24(2,3)31/h4-8,10-11,14,29,31H,9,12-13H2,1-3H3,(H2,26,30)(H,27,28). The molecule has 0 aliphatic carbocycles. The summed E-state index contributed by atoms with van der Waals surface area (Å²) in [6.45, 7) is 4.45. The molecule has 0 aliphatic heterocycles. The maximum absolute atomic E-state index is 14.8. The van der Waals surface area contributed by atoms with Gasteiger partial charge >= 0.3 is 0 Å². The van der Waals surface area contributed by atoms with E-state index in [0.717, 1.165) is 11.3 Å². The Morgan fingerprint density at radius 2 is 1.97 bits per heavy atom. The summed E-state index contributed by atoms with van der Waals surface area (Å²) in [7, 11) is -3.62. The first-order chi connectivity index (χ1) is 16.2. The number of aliphatic hydroxyl groups is 2. The van der Waals surface area contributed by atoms with E-state index in [1.54, 1.807) is 37.3 Å². The summed E-state index contributed by atoms with van der Waals surface area (Å²) in [5.41, 5.74) is 5.48. The number of pyridine rings is 1. The number of primary amides is 1. The van der Waals surface area contributed by atoms with Crippen molar-refractivity contribution in [3.05, 3.63) is 65.1 Å². The van der Waals surface area contributed by atoms with Gasteiger partial charge in [-0.3, -0.25) is 4.79 Å². The van der Waals surface area contributed by atoms with Gasteiger partial charge in [-0.15, -0.1) is 11.3 Å². The predicted molar refractivity (Wildman–Crippen MR) is 135 cm³/mol. The summed E-state index contributed by atoms with van der Waals surface area (Å²) in [5.74, 6) is -1.71. The number of aromatic nitrogens is 1. The Balaban J connectivity index is 1.88. The van der Waals surface area contributed by atoms with Gasteiger partial charge in [-0.05, 0) is 57.0 Å². The first kappa shape index (κ1) is 26.7. The van der Waals surface area contributed by atoms with Crippen molar-refractivity contribution < 1.29 is 27.8 Å². The maximum Gasteiger partial charge on any atom is 0.251 e. The summed E-state index contributed by atoms with van der Waals surface area (Å²) in [5, 5.41) is 22.7. The summed E-state index contributed by atoms with van der Waals surface area (Å²) >= 11 is 1.10. The number of anilines is 2. The van der Waals surface area contributed by atoms with Crippen LogP contribution in [0, 0.1) is 5.82 Å². The summed E-state index contributed by atoms with van der Waals surface area (Å²) in [6, 6.07) is 10.9. The third-order valence-electron chi connectivity index (χ3n) is 4.82. The number of halogens is 1. The fourth-order valence-electron chi connectivity index (χ4n) is 3.59. The Kier molecular flexibility index (Phi) is 7.95. The van der Waals surface area contributed by atoms with Gasteiger partial charge in [0.15, 0.2) is 9.84 Å². The number of nitrogens with two attached hydrogens (primary N) is 1. The highest BCUT2D eigenvalue weighted by Crippen LogP contribution is 2.38. The summed E-state index contributed by atoms with van der Waals surface area (Å²) < 4.78 is 39.5. The molecule has 1 aromatic carbocycles. The fraction of sp³-hybridized carbons (Fsp3) is 0.333. The molecule has 1 unspecified atom stereocenters. The summed E-state index contributed by atoms with van der Waals surface area (Å²) in [6.07, 6.45) is -0.290. The van der Waals surface area contributed by atoms with Gasteiger partial charge in [0.2, 0.25) is 0 Å². The van der Waals surface area contributed by atoms with Gasteiger partial charge in [0.25, 0.3) is 5.91 Å². The molecule has 1 amide bonds. The van der Waals surface area contributed by atoms with Crippen LogP contribution in [-0.4, -0.2) is 47.0 Å². The van der Waals surface area contributed by atoms with Crippen molar-refractivity contribution in [3.8, 4) is 10.4 Å². The van der Waals surface area contributed by atoms with E-state index in [0.29, 0.717) is 21.9 Å². The lowest BCUT2D eigenvalue weighted by atomic mass is 10.0. The van der Waals surface area contributed by atoms with Gasteiger partial charge < -0.3 is 21.3 Å². The average molecular weight is 522 g/mol. The lowest BCUT2D eigenvalue weighted by Gasteiger charge is -2.16. The molecule has 0 bridgehead atoms. The topological polar surface area (TPSA) is 143 Å². The highest BCUT2D eigenvalue weighted by Gasteiger charge is 2.24. The molecule has 0 aliphatic rings. The summed E-state index contributed by atoms with van der Waals surface area (Å²) in [4.78, 5) is 16.8. The minimum Gasteiger partial charge on any atom is -0.393 e. The molecule has 0 spiro atoms. The van der Waals surface area contributed by atoms with E-state index in [1.807, 2.05) is 0 Å². The quantitative estimate of drug-likeness (QED) is 0.320. The van der Waals surface area contributed by atoms with Crippen molar-refractivity contribution in [2.24, 2.45) is 5.73 Å². The molecule has 3 aromatic rings. The van der Waals surface area contributed by atoms with Gasteiger partial charge in [-0.2, -0.15) is 0 Å². The lowest BCUT2D eigenvalue weighted by Crippen LogP contribution is -2.30. The third kappa shape index (κ3) is 7.56. The molecule has 0 saturated heterocycles. The van der Waals surface area contributed by atoms with Crippen molar-refractivity contribution >= 4 is 37.9 Å². The SMILES string of the molecule is CC(O)Cc1ccc(-c2cc(C(N)=O)c(Nc3cccc(CS(=O)(=O)CC(C)(C)O)n3)s2)c(F)c1. The highest BCUT2D eigenvalue weighted by atomic mass is 32.2. The highest BCUT2D eigenvalue weighted by molar-refractivity contribution is 7.90. The Bertz CT molecular complexity index is 1330. The van der Waals surface area contributed by atoms with Gasteiger partial charge in [0, 0.05) is 10.4 Å². The van der Waals surface area contributed by atoms with Crippen LogP contribution in [-0.2, 0) is 22.0 Å². The molecule has 188 valence electrons.